The van der Waals surface area contributed by atoms with Crippen LogP contribution in [0.1, 0.15) is 28.8 Å². The fourth-order valence-corrected chi connectivity index (χ4v) is 1.86. The van der Waals surface area contributed by atoms with Crippen molar-refractivity contribution in [2.75, 3.05) is 6.61 Å². The topological polar surface area (TPSA) is 26.3 Å². The van der Waals surface area contributed by atoms with E-state index in [0.29, 0.717) is 0 Å². The largest absolute Gasteiger partial charge is 0.462 e. The zero-order valence-corrected chi connectivity index (χ0v) is 10.2. The van der Waals surface area contributed by atoms with Crippen molar-refractivity contribution in [2.45, 2.75) is 24.9 Å². The lowest BCUT2D eigenvalue weighted by Gasteiger charge is -2.12. The zero-order chi connectivity index (χ0) is 15.0. The molecule has 7 heteroatoms. The van der Waals surface area contributed by atoms with E-state index in [9.17, 15) is 26.7 Å². The Morgan fingerprint density at radius 3 is 2.45 bits per heavy atom. The molecule has 2 nitrogen and oxygen atoms in total. The molecule has 20 heavy (non-hydrogen) atoms. The van der Waals surface area contributed by atoms with E-state index < -0.39 is 35.1 Å². The van der Waals surface area contributed by atoms with Gasteiger partial charge in [0, 0.05) is 12.3 Å². The maximum absolute atomic E-state index is 12.7. The zero-order valence-electron chi connectivity index (χ0n) is 10.2. The summed E-state index contributed by atoms with van der Waals surface area (Å²) in [5.41, 5.74) is -1.70. The van der Waals surface area contributed by atoms with Crippen LogP contribution in [0.15, 0.2) is 24.3 Å². The van der Waals surface area contributed by atoms with Gasteiger partial charge in [0.25, 0.3) is 5.92 Å². The molecule has 1 fully saturated rings. The summed E-state index contributed by atoms with van der Waals surface area (Å²) >= 11 is 0. The van der Waals surface area contributed by atoms with Crippen LogP contribution in [0.25, 0.3) is 0 Å². The summed E-state index contributed by atoms with van der Waals surface area (Å²) in [6.45, 7) is -0.314. The van der Waals surface area contributed by atoms with Crippen LogP contribution in [-0.4, -0.2) is 18.5 Å². The second-order valence-corrected chi connectivity index (χ2v) is 4.63. The minimum atomic E-state index is -4.67. The van der Waals surface area contributed by atoms with E-state index in [-0.39, 0.29) is 19.4 Å². The standard InChI is InChI=1S/C13H11F5O2/c14-12(15)7-8(12)5-6-20-11(19)9-3-1-2-4-10(9)13(16,17)18/h1-4,8H,5-7H2. The van der Waals surface area contributed by atoms with Gasteiger partial charge in [0.15, 0.2) is 0 Å². The smallest absolute Gasteiger partial charge is 0.417 e. The van der Waals surface area contributed by atoms with E-state index in [0.717, 1.165) is 18.2 Å². The molecule has 1 saturated carbocycles. The van der Waals surface area contributed by atoms with Crippen LogP contribution in [0.5, 0.6) is 0 Å². The average Bonchev–Trinajstić information content (AvgIpc) is 2.96. The van der Waals surface area contributed by atoms with Crippen LogP contribution in [0.3, 0.4) is 0 Å². The van der Waals surface area contributed by atoms with Crippen LogP contribution < -0.4 is 0 Å². The van der Waals surface area contributed by atoms with Crippen LogP contribution in [0, 0.1) is 5.92 Å². The third kappa shape index (κ3) is 3.26. The Morgan fingerprint density at radius 2 is 1.90 bits per heavy atom. The molecule has 0 spiro atoms. The maximum Gasteiger partial charge on any atom is 0.417 e. The average molecular weight is 294 g/mol. The van der Waals surface area contributed by atoms with Gasteiger partial charge < -0.3 is 4.74 Å². The van der Waals surface area contributed by atoms with E-state index in [1.54, 1.807) is 0 Å². The summed E-state index contributed by atoms with van der Waals surface area (Å²) in [4.78, 5) is 11.6. The number of carbonyl (C=O) groups excluding carboxylic acids is 1. The van der Waals surface area contributed by atoms with Crippen LogP contribution >= 0.6 is 0 Å². The van der Waals surface area contributed by atoms with Gasteiger partial charge in [0.1, 0.15) is 0 Å². The van der Waals surface area contributed by atoms with Crippen molar-refractivity contribution in [3.05, 3.63) is 35.4 Å². The van der Waals surface area contributed by atoms with Crippen molar-refractivity contribution in [2.24, 2.45) is 5.92 Å². The minimum Gasteiger partial charge on any atom is -0.462 e. The second kappa shape index (κ2) is 5.03. The molecule has 1 aromatic rings. The monoisotopic (exact) mass is 294 g/mol. The highest BCUT2D eigenvalue weighted by molar-refractivity contribution is 5.91. The third-order valence-electron chi connectivity index (χ3n) is 3.11. The Balaban J connectivity index is 1.96. The SMILES string of the molecule is O=C(OCCC1CC1(F)F)c1ccccc1C(F)(F)F. The fraction of sp³-hybridized carbons (Fsp3) is 0.462. The highest BCUT2D eigenvalue weighted by Gasteiger charge is 2.56. The van der Waals surface area contributed by atoms with Crippen molar-refractivity contribution in [3.8, 4) is 0 Å². The normalized spacial score (nSPS) is 20.6. The summed E-state index contributed by atoms with van der Waals surface area (Å²) in [6.07, 6.45) is -4.98. The van der Waals surface area contributed by atoms with Gasteiger partial charge >= 0.3 is 12.1 Å². The fourth-order valence-electron chi connectivity index (χ4n) is 1.86. The van der Waals surface area contributed by atoms with Gasteiger partial charge in [0.05, 0.1) is 17.7 Å². The lowest BCUT2D eigenvalue weighted by Crippen LogP contribution is -2.15. The molecule has 0 saturated heterocycles. The first kappa shape index (κ1) is 14.7. The van der Waals surface area contributed by atoms with Crippen molar-refractivity contribution in [1.29, 1.82) is 0 Å². The number of hydrogen-bond donors (Lipinski definition) is 0. The van der Waals surface area contributed by atoms with E-state index in [1.807, 2.05) is 0 Å². The number of ether oxygens (including phenoxy) is 1. The number of hydrogen-bond acceptors (Lipinski definition) is 2. The van der Waals surface area contributed by atoms with Crippen LogP contribution in [-0.2, 0) is 10.9 Å². The first-order valence-electron chi connectivity index (χ1n) is 5.93. The Hall–Kier alpha value is -1.66. The highest BCUT2D eigenvalue weighted by Crippen LogP contribution is 2.50. The van der Waals surface area contributed by atoms with Gasteiger partial charge in [-0.05, 0) is 18.6 Å². The van der Waals surface area contributed by atoms with Gasteiger partial charge in [0.2, 0.25) is 0 Å². The van der Waals surface area contributed by atoms with Crippen molar-refractivity contribution >= 4 is 5.97 Å². The number of benzene rings is 1. The van der Waals surface area contributed by atoms with Gasteiger partial charge in [-0.25, -0.2) is 13.6 Å². The molecule has 0 heterocycles. The summed E-state index contributed by atoms with van der Waals surface area (Å²) in [5.74, 6) is -4.72. The molecule has 0 radical (unpaired) electrons. The Kier molecular flexibility index (Phi) is 3.71. The van der Waals surface area contributed by atoms with Crippen molar-refractivity contribution in [1.82, 2.24) is 0 Å². The summed E-state index contributed by atoms with van der Waals surface area (Å²) < 4.78 is 67.8. The van der Waals surface area contributed by atoms with Crippen LogP contribution in [0.4, 0.5) is 22.0 Å². The third-order valence-corrected chi connectivity index (χ3v) is 3.11. The van der Waals surface area contributed by atoms with Crippen molar-refractivity contribution in [3.63, 3.8) is 0 Å². The number of esters is 1. The molecule has 0 aliphatic heterocycles. The van der Waals surface area contributed by atoms with Gasteiger partial charge in [-0.15, -0.1) is 0 Å². The molecular weight excluding hydrogens is 283 g/mol. The number of halogens is 5. The molecule has 0 aromatic heterocycles. The molecule has 1 aliphatic carbocycles. The Labute approximate surface area is 111 Å². The lowest BCUT2D eigenvalue weighted by atomic mass is 10.1. The molecule has 0 N–H and O–H groups in total. The van der Waals surface area contributed by atoms with Crippen molar-refractivity contribution < 1.29 is 31.5 Å². The quantitative estimate of drug-likeness (QED) is 0.621. The molecule has 1 aromatic carbocycles. The molecule has 1 unspecified atom stereocenters. The highest BCUT2D eigenvalue weighted by atomic mass is 19.4. The number of alkyl halides is 5. The van der Waals surface area contributed by atoms with Gasteiger partial charge in [-0.1, -0.05) is 12.1 Å². The summed E-state index contributed by atoms with van der Waals surface area (Å²) in [5, 5.41) is 0. The van der Waals surface area contributed by atoms with Gasteiger partial charge in [-0.3, -0.25) is 0 Å². The molecule has 0 bridgehead atoms. The molecule has 110 valence electrons. The molecule has 0 amide bonds. The van der Waals surface area contributed by atoms with E-state index in [4.69, 9.17) is 0 Å². The van der Waals surface area contributed by atoms with E-state index >= 15 is 0 Å². The maximum atomic E-state index is 12.7. The summed E-state index contributed by atoms with van der Waals surface area (Å²) in [7, 11) is 0. The Morgan fingerprint density at radius 1 is 1.30 bits per heavy atom. The predicted molar refractivity (Wildman–Crippen MR) is 59.4 cm³/mol. The lowest BCUT2D eigenvalue weighted by molar-refractivity contribution is -0.138. The predicted octanol–water partition coefficient (Wildman–Crippen LogP) is 3.91. The van der Waals surface area contributed by atoms with Crippen LogP contribution in [0.2, 0.25) is 0 Å². The first-order valence-corrected chi connectivity index (χ1v) is 5.93. The number of rotatable bonds is 4. The molecular formula is C13H11F5O2. The van der Waals surface area contributed by atoms with E-state index in [2.05, 4.69) is 4.74 Å². The number of carbonyl (C=O) groups is 1. The molecule has 2 rings (SSSR count). The van der Waals surface area contributed by atoms with Gasteiger partial charge in [-0.2, -0.15) is 13.2 Å². The first-order chi connectivity index (χ1) is 9.22. The minimum absolute atomic E-state index is 0.0487. The summed E-state index contributed by atoms with van der Waals surface area (Å²) in [6, 6.07) is 4.20. The Bertz CT molecular complexity index is 510. The van der Waals surface area contributed by atoms with E-state index in [1.165, 1.54) is 6.07 Å². The molecule has 1 aliphatic rings. The second-order valence-electron chi connectivity index (χ2n) is 4.63. The molecule has 1 atom stereocenters.